The number of halogens is 1. The molecular formula is C19H19ClN4O4. The SMILES string of the molecule is CC(C)C(NC(=O)c1ccccc1Cl)C(=O)N/N=C/c1cccc([N+](=O)[O-])c1. The first-order valence-electron chi connectivity index (χ1n) is 8.42. The van der Waals surface area contributed by atoms with Gasteiger partial charge in [0.15, 0.2) is 0 Å². The molecule has 9 heteroatoms. The average molecular weight is 403 g/mol. The van der Waals surface area contributed by atoms with E-state index in [4.69, 9.17) is 11.6 Å². The average Bonchev–Trinajstić information content (AvgIpc) is 2.66. The summed E-state index contributed by atoms with van der Waals surface area (Å²) in [7, 11) is 0. The van der Waals surface area contributed by atoms with Crippen LogP contribution in [0.25, 0.3) is 0 Å². The molecule has 0 heterocycles. The first-order chi connectivity index (χ1) is 13.3. The second-order valence-corrected chi connectivity index (χ2v) is 6.67. The van der Waals surface area contributed by atoms with E-state index >= 15 is 0 Å². The minimum Gasteiger partial charge on any atom is -0.340 e. The lowest BCUT2D eigenvalue weighted by atomic mass is 10.0. The van der Waals surface area contributed by atoms with Gasteiger partial charge in [-0.25, -0.2) is 5.43 Å². The number of carbonyl (C=O) groups is 2. The van der Waals surface area contributed by atoms with Crippen LogP contribution in [0.1, 0.15) is 29.8 Å². The van der Waals surface area contributed by atoms with Gasteiger partial charge in [0, 0.05) is 17.7 Å². The molecule has 0 radical (unpaired) electrons. The number of hydrazone groups is 1. The summed E-state index contributed by atoms with van der Waals surface area (Å²) in [6.45, 7) is 3.56. The Hall–Kier alpha value is -3.26. The van der Waals surface area contributed by atoms with Gasteiger partial charge in [0.1, 0.15) is 6.04 Å². The number of nitrogens with zero attached hydrogens (tertiary/aromatic N) is 2. The Bertz CT molecular complexity index is 914. The van der Waals surface area contributed by atoms with Gasteiger partial charge in [-0.2, -0.15) is 5.10 Å². The van der Waals surface area contributed by atoms with Gasteiger partial charge in [-0.05, 0) is 18.1 Å². The Kier molecular flexibility index (Phi) is 7.22. The van der Waals surface area contributed by atoms with E-state index in [0.29, 0.717) is 5.56 Å². The zero-order valence-electron chi connectivity index (χ0n) is 15.3. The highest BCUT2D eigenvalue weighted by molar-refractivity contribution is 6.33. The number of nitro groups is 1. The number of nitro benzene ring substituents is 1. The Morgan fingerprint density at radius 1 is 1.18 bits per heavy atom. The molecule has 28 heavy (non-hydrogen) atoms. The Labute approximate surface area is 166 Å². The molecule has 0 fully saturated rings. The Morgan fingerprint density at radius 3 is 2.54 bits per heavy atom. The molecule has 0 aliphatic rings. The maximum Gasteiger partial charge on any atom is 0.270 e. The van der Waals surface area contributed by atoms with E-state index in [9.17, 15) is 19.7 Å². The largest absolute Gasteiger partial charge is 0.340 e. The van der Waals surface area contributed by atoms with Crippen LogP contribution in [0.4, 0.5) is 5.69 Å². The lowest BCUT2D eigenvalue weighted by Gasteiger charge is -2.20. The van der Waals surface area contributed by atoms with E-state index in [1.54, 1.807) is 44.2 Å². The normalized spacial score (nSPS) is 12.0. The molecular weight excluding hydrogens is 384 g/mol. The fourth-order valence-electron chi connectivity index (χ4n) is 2.36. The summed E-state index contributed by atoms with van der Waals surface area (Å²) in [4.78, 5) is 35.1. The zero-order chi connectivity index (χ0) is 20.7. The molecule has 146 valence electrons. The Balaban J connectivity index is 2.05. The summed E-state index contributed by atoms with van der Waals surface area (Å²) < 4.78 is 0. The third-order valence-electron chi connectivity index (χ3n) is 3.82. The van der Waals surface area contributed by atoms with E-state index in [2.05, 4.69) is 15.8 Å². The number of nitrogens with one attached hydrogen (secondary N) is 2. The smallest absolute Gasteiger partial charge is 0.270 e. The van der Waals surface area contributed by atoms with E-state index in [1.807, 2.05) is 0 Å². The van der Waals surface area contributed by atoms with Crippen molar-refractivity contribution in [2.45, 2.75) is 19.9 Å². The van der Waals surface area contributed by atoms with Gasteiger partial charge in [0.2, 0.25) is 0 Å². The van der Waals surface area contributed by atoms with Crippen LogP contribution in [0.3, 0.4) is 0 Å². The second kappa shape index (κ2) is 9.61. The van der Waals surface area contributed by atoms with Crippen molar-refractivity contribution in [3.63, 3.8) is 0 Å². The van der Waals surface area contributed by atoms with Crippen LogP contribution in [-0.4, -0.2) is 29.0 Å². The lowest BCUT2D eigenvalue weighted by Crippen LogP contribution is -2.48. The number of non-ortho nitro benzene ring substituents is 1. The molecule has 2 amide bonds. The van der Waals surface area contributed by atoms with Crippen LogP contribution < -0.4 is 10.7 Å². The van der Waals surface area contributed by atoms with E-state index < -0.39 is 22.8 Å². The van der Waals surface area contributed by atoms with Crippen molar-refractivity contribution in [2.24, 2.45) is 11.0 Å². The third kappa shape index (κ3) is 5.62. The zero-order valence-corrected chi connectivity index (χ0v) is 16.0. The number of hydrogen-bond acceptors (Lipinski definition) is 5. The summed E-state index contributed by atoms with van der Waals surface area (Å²) >= 11 is 6.02. The summed E-state index contributed by atoms with van der Waals surface area (Å²) in [6, 6.07) is 11.5. The van der Waals surface area contributed by atoms with Crippen molar-refractivity contribution in [1.29, 1.82) is 0 Å². The molecule has 2 aromatic rings. The van der Waals surface area contributed by atoms with Gasteiger partial charge in [-0.1, -0.05) is 49.7 Å². The molecule has 0 bridgehead atoms. The monoisotopic (exact) mass is 402 g/mol. The van der Waals surface area contributed by atoms with E-state index in [0.717, 1.165) is 0 Å². The predicted octanol–water partition coefficient (Wildman–Crippen LogP) is 3.15. The van der Waals surface area contributed by atoms with Crippen LogP contribution in [0.2, 0.25) is 5.02 Å². The highest BCUT2D eigenvalue weighted by Gasteiger charge is 2.25. The van der Waals surface area contributed by atoms with Crippen LogP contribution in [-0.2, 0) is 4.79 Å². The second-order valence-electron chi connectivity index (χ2n) is 6.26. The summed E-state index contributed by atoms with van der Waals surface area (Å²) in [5.41, 5.74) is 2.99. The summed E-state index contributed by atoms with van der Waals surface area (Å²) in [6.07, 6.45) is 1.29. The molecule has 8 nitrogen and oxygen atoms in total. The quantitative estimate of drug-likeness (QED) is 0.420. The molecule has 0 spiro atoms. The van der Waals surface area contributed by atoms with Crippen LogP contribution in [0.15, 0.2) is 53.6 Å². The molecule has 0 aromatic heterocycles. The van der Waals surface area contributed by atoms with Crippen LogP contribution >= 0.6 is 11.6 Å². The Morgan fingerprint density at radius 2 is 1.89 bits per heavy atom. The molecule has 2 N–H and O–H groups in total. The van der Waals surface area contributed by atoms with Crippen LogP contribution in [0, 0.1) is 16.0 Å². The maximum atomic E-state index is 12.4. The molecule has 1 unspecified atom stereocenters. The maximum absolute atomic E-state index is 12.4. The highest BCUT2D eigenvalue weighted by Crippen LogP contribution is 2.15. The molecule has 2 aromatic carbocycles. The summed E-state index contributed by atoms with van der Waals surface area (Å²) in [5.74, 6) is -1.20. The van der Waals surface area contributed by atoms with Crippen molar-refractivity contribution in [3.05, 3.63) is 74.8 Å². The minimum atomic E-state index is -0.842. The predicted molar refractivity (Wildman–Crippen MR) is 106 cm³/mol. The minimum absolute atomic E-state index is 0.0812. The van der Waals surface area contributed by atoms with Crippen molar-refractivity contribution in [2.75, 3.05) is 0 Å². The summed E-state index contributed by atoms with van der Waals surface area (Å²) in [5, 5.41) is 17.5. The van der Waals surface area contributed by atoms with Gasteiger partial charge in [0.25, 0.3) is 17.5 Å². The molecule has 2 rings (SSSR count). The third-order valence-corrected chi connectivity index (χ3v) is 4.15. The number of amides is 2. The number of benzene rings is 2. The fourth-order valence-corrected chi connectivity index (χ4v) is 2.58. The number of rotatable bonds is 7. The van der Waals surface area contributed by atoms with Gasteiger partial charge >= 0.3 is 0 Å². The van der Waals surface area contributed by atoms with Crippen molar-refractivity contribution in [1.82, 2.24) is 10.7 Å². The van der Waals surface area contributed by atoms with Crippen LogP contribution in [0.5, 0.6) is 0 Å². The van der Waals surface area contributed by atoms with Crippen molar-refractivity contribution >= 4 is 35.3 Å². The van der Waals surface area contributed by atoms with Gasteiger partial charge in [-0.15, -0.1) is 0 Å². The molecule has 0 saturated heterocycles. The number of hydrogen-bond donors (Lipinski definition) is 2. The first-order valence-corrected chi connectivity index (χ1v) is 8.80. The first kappa shape index (κ1) is 21.0. The standard InChI is InChI=1S/C19H19ClN4O4/c1-12(2)17(22-18(25)15-8-3-4-9-16(15)20)19(26)23-21-11-13-6-5-7-14(10-13)24(27)28/h3-12,17H,1-2H3,(H,22,25)(H,23,26)/b21-11+. The number of carbonyl (C=O) groups excluding carboxylic acids is 2. The molecule has 1 atom stereocenters. The lowest BCUT2D eigenvalue weighted by molar-refractivity contribution is -0.384. The van der Waals surface area contributed by atoms with E-state index in [-0.39, 0.29) is 22.2 Å². The fraction of sp³-hybridized carbons (Fsp3) is 0.211. The topological polar surface area (TPSA) is 114 Å². The van der Waals surface area contributed by atoms with Crippen molar-refractivity contribution < 1.29 is 14.5 Å². The van der Waals surface area contributed by atoms with Gasteiger partial charge in [0.05, 0.1) is 21.7 Å². The molecule has 0 saturated carbocycles. The highest BCUT2D eigenvalue weighted by atomic mass is 35.5. The van der Waals surface area contributed by atoms with Crippen molar-refractivity contribution in [3.8, 4) is 0 Å². The van der Waals surface area contributed by atoms with Gasteiger partial charge < -0.3 is 5.32 Å². The van der Waals surface area contributed by atoms with E-state index in [1.165, 1.54) is 24.4 Å². The molecule has 0 aliphatic carbocycles. The molecule has 0 aliphatic heterocycles. The van der Waals surface area contributed by atoms with Gasteiger partial charge in [-0.3, -0.25) is 19.7 Å².